The molecule has 6 heteroatoms. The van der Waals surface area contributed by atoms with Crippen molar-refractivity contribution in [1.29, 1.82) is 0 Å². The van der Waals surface area contributed by atoms with E-state index in [0.29, 0.717) is 0 Å². The van der Waals surface area contributed by atoms with Gasteiger partial charge in [-0.2, -0.15) is 0 Å². The van der Waals surface area contributed by atoms with Crippen molar-refractivity contribution in [1.82, 2.24) is 0 Å². The van der Waals surface area contributed by atoms with Gasteiger partial charge in [0.2, 0.25) is 0 Å². The van der Waals surface area contributed by atoms with Crippen molar-refractivity contribution in [3.05, 3.63) is 0 Å². The van der Waals surface area contributed by atoms with Crippen LogP contribution in [0.5, 0.6) is 0 Å². The number of hydrogen-bond acceptors (Lipinski definition) is 2. The molecule has 0 aromatic carbocycles. The van der Waals surface area contributed by atoms with Crippen LogP contribution in [0.2, 0.25) is 0 Å². The quantitative estimate of drug-likeness (QED) is 0.301. The maximum atomic E-state index is 9.37. The van der Waals surface area contributed by atoms with E-state index >= 15 is 0 Å². The first-order valence-electron chi connectivity index (χ1n) is 1.63. The van der Waals surface area contributed by atoms with Crippen LogP contribution < -0.4 is 18.9 Å². The van der Waals surface area contributed by atoms with Crippen molar-refractivity contribution in [2.45, 2.75) is 10.4 Å². The van der Waals surface area contributed by atoms with Gasteiger partial charge in [0.05, 0.1) is 0 Å². The molecule has 0 aromatic heterocycles. The van der Waals surface area contributed by atoms with Crippen LogP contribution in [0, 0.1) is 0 Å². The van der Waals surface area contributed by atoms with Crippen LogP contribution in [0.3, 0.4) is 0 Å². The average Bonchev–Trinajstić information content (AvgIpc) is 1.67. The fourth-order valence-corrected chi connectivity index (χ4v) is 0.237. The van der Waals surface area contributed by atoms with Crippen molar-refractivity contribution in [2.24, 2.45) is 0 Å². The molecule has 0 spiro atoms. The maximum absolute atomic E-state index is 9.37. The third-order valence-corrected chi connectivity index (χ3v) is 1.42. The smallest absolute Gasteiger partial charge is 0.638 e. The summed E-state index contributed by atoms with van der Waals surface area (Å²) in [5, 5.41) is 0. The summed E-state index contributed by atoms with van der Waals surface area (Å²) in [5.74, 6) is 0. The van der Waals surface area contributed by atoms with Gasteiger partial charge in [-0.3, -0.25) is 0 Å². The SMILES string of the molecule is O=[C-]OC(Cl)C(Cl)Cl.[Li+]. The topological polar surface area (TPSA) is 26.3 Å². The summed E-state index contributed by atoms with van der Waals surface area (Å²) in [5.41, 5.74) is -1.00. The zero-order valence-corrected chi connectivity index (χ0v) is 6.87. The summed E-state index contributed by atoms with van der Waals surface area (Å²) in [7, 11) is 0. The van der Waals surface area contributed by atoms with E-state index in [2.05, 4.69) is 4.74 Å². The van der Waals surface area contributed by atoms with Crippen molar-refractivity contribution in [2.75, 3.05) is 0 Å². The summed E-state index contributed by atoms with van der Waals surface area (Å²) in [6.45, 7) is 1.10. The molecular formula is C3H2Cl3LiO2. The van der Waals surface area contributed by atoms with Gasteiger partial charge in [-0.1, -0.05) is 41.3 Å². The Morgan fingerprint density at radius 1 is 1.33 bits per heavy atom. The fraction of sp³-hybridized carbons (Fsp3) is 0.667. The standard InChI is InChI=1S/C3H2Cl3O2.Li/c4-2(5)3(6)8-1-7;/h2-3H;/q-1;+1. The number of ether oxygens (including phenoxy) is 1. The van der Waals surface area contributed by atoms with Crippen LogP contribution in [0.4, 0.5) is 0 Å². The van der Waals surface area contributed by atoms with Crippen molar-refractivity contribution in [3.63, 3.8) is 0 Å². The van der Waals surface area contributed by atoms with Gasteiger partial charge in [0.15, 0.2) is 10.4 Å². The van der Waals surface area contributed by atoms with E-state index < -0.39 is 10.4 Å². The Bertz CT molecular complexity index is 79.5. The predicted octanol–water partition coefficient (Wildman–Crippen LogP) is -1.56. The zero-order chi connectivity index (χ0) is 6.57. The third kappa shape index (κ3) is 6.83. The molecule has 0 heterocycles. The van der Waals surface area contributed by atoms with Gasteiger partial charge in [0.1, 0.15) is 0 Å². The minimum atomic E-state index is -1.00. The molecule has 0 aliphatic rings. The first-order valence-corrected chi connectivity index (χ1v) is 2.94. The molecule has 1 unspecified atom stereocenters. The van der Waals surface area contributed by atoms with Gasteiger partial charge >= 0.3 is 18.9 Å². The molecule has 0 radical (unpaired) electrons. The van der Waals surface area contributed by atoms with Gasteiger partial charge in [0, 0.05) is 0 Å². The third-order valence-electron chi connectivity index (χ3n) is 0.359. The minimum Gasteiger partial charge on any atom is -0.638 e. The van der Waals surface area contributed by atoms with Crippen LogP contribution >= 0.6 is 34.8 Å². The van der Waals surface area contributed by atoms with Crippen LogP contribution in [0.1, 0.15) is 0 Å². The Hall–Kier alpha value is 0.937. The van der Waals surface area contributed by atoms with Crippen molar-refractivity contribution in [3.8, 4) is 0 Å². The van der Waals surface area contributed by atoms with Gasteiger partial charge in [-0.05, 0) is 0 Å². The first kappa shape index (κ1) is 12.6. The molecule has 0 rings (SSSR count). The molecule has 48 valence electrons. The number of carbonyl (C=O) groups excluding carboxylic acids is 1. The van der Waals surface area contributed by atoms with E-state index in [1.54, 1.807) is 0 Å². The van der Waals surface area contributed by atoms with Gasteiger partial charge in [-0.15, -0.1) is 0 Å². The van der Waals surface area contributed by atoms with Gasteiger partial charge in [-0.25, -0.2) is 0 Å². The Kier molecular flexibility index (Phi) is 9.87. The van der Waals surface area contributed by atoms with E-state index in [-0.39, 0.29) is 18.9 Å². The summed E-state index contributed by atoms with van der Waals surface area (Å²) in [6.07, 6.45) is 0. The molecule has 0 saturated heterocycles. The minimum absolute atomic E-state index is 0. The monoisotopic (exact) mass is 182 g/mol. The van der Waals surface area contributed by atoms with Crippen molar-refractivity contribution >= 4 is 41.3 Å². The number of halogens is 3. The van der Waals surface area contributed by atoms with Crippen LogP contribution in [-0.2, 0) is 9.53 Å². The number of hydrogen-bond donors (Lipinski definition) is 0. The van der Waals surface area contributed by atoms with Crippen LogP contribution in [-0.4, -0.2) is 16.9 Å². The first-order chi connectivity index (χ1) is 3.68. The molecular weight excluding hydrogens is 181 g/mol. The van der Waals surface area contributed by atoms with E-state index in [0.717, 1.165) is 6.47 Å². The second kappa shape index (κ2) is 7.05. The van der Waals surface area contributed by atoms with Crippen LogP contribution in [0.15, 0.2) is 0 Å². The van der Waals surface area contributed by atoms with Crippen molar-refractivity contribution < 1.29 is 28.4 Å². The van der Waals surface area contributed by atoms with E-state index in [9.17, 15) is 4.79 Å². The molecule has 0 aromatic rings. The molecule has 0 amide bonds. The average molecular weight is 183 g/mol. The largest absolute Gasteiger partial charge is 1.00 e. The molecule has 0 aliphatic carbocycles. The Morgan fingerprint density at radius 3 is 1.89 bits per heavy atom. The molecule has 9 heavy (non-hydrogen) atoms. The molecule has 0 N–H and O–H groups in total. The van der Waals surface area contributed by atoms with Gasteiger partial charge < -0.3 is 9.53 Å². The summed E-state index contributed by atoms with van der Waals surface area (Å²) in [6, 6.07) is 0. The normalized spacial score (nSPS) is 12.0. The molecule has 0 aliphatic heterocycles. The predicted molar refractivity (Wildman–Crippen MR) is 31.9 cm³/mol. The Balaban J connectivity index is 0. The zero-order valence-electron chi connectivity index (χ0n) is 4.61. The second-order valence-electron chi connectivity index (χ2n) is 0.887. The molecule has 0 saturated carbocycles. The Morgan fingerprint density at radius 2 is 1.78 bits per heavy atom. The molecule has 0 bridgehead atoms. The maximum Gasteiger partial charge on any atom is 1.00 e. The molecule has 1 atom stereocenters. The summed E-state index contributed by atoms with van der Waals surface area (Å²) in [4.78, 5) is 8.47. The van der Waals surface area contributed by atoms with E-state index in [1.807, 2.05) is 0 Å². The molecule has 0 fully saturated rings. The van der Waals surface area contributed by atoms with Crippen LogP contribution in [0.25, 0.3) is 0 Å². The number of rotatable bonds is 3. The summed E-state index contributed by atoms with van der Waals surface area (Å²) >= 11 is 15.4. The Labute approximate surface area is 80.0 Å². The second-order valence-corrected chi connectivity index (χ2v) is 2.48. The van der Waals surface area contributed by atoms with E-state index in [1.165, 1.54) is 0 Å². The summed E-state index contributed by atoms with van der Waals surface area (Å²) < 4.78 is 4.00. The fourth-order valence-electron chi connectivity index (χ4n) is 0.0974. The van der Waals surface area contributed by atoms with Gasteiger partial charge in [0.25, 0.3) is 0 Å². The van der Waals surface area contributed by atoms with E-state index in [4.69, 9.17) is 34.8 Å². The number of alkyl halides is 3. The molecule has 2 nitrogen and oxygen atoms in total.